The van der Waals surface area contributed by atoms with Crippen LogP contribution in [0.5, 0.6) is 0 Å². The Bertz CT molecular complexity index is 1780. The van der Waals surface area contributed by atoms with Crippen molar-refractivity contribution in [3.8, 4) is 5.69 Å². The fourth-order valence-electron chi connectivity index (χ4n) is 5.08. The number of benzene rings is 3. The minimum atomic E-state index is -4.48. The molecule has 12 heteroatoms. The van der Waals surface area contributed by atoms with Gasteiger partial charge >= 0.3 is 6.18 Å². The van der Waals surface area contributed by atoms with Gasteiger partial charge in [0.05, 0.1) is 22.2 Å². The molecule has 0 aliphatic carbocycles. The average Bonchev–Trinajstić information content (AvgIpc) is 3.62. The van der Waals surface area contributed by atoms with E-state index in [1.807, 2.05) is 53.4 Å². The summed E-state index contributed by atoms with van der Waals surface area (Å²) in [4.78, 5) is 18.8. The summed E-state index contributed by atoms with van der Waals surface area (Å²) in [6.07, 6.45) is -1.05. The molecule has 0 amide bonds. The number of anilines is 1. The minimum Gasteiger partial charge on any atom is -0.351 e. The predicted molar refractivity (Wildman–Crippen MR) is 162 cm³/mol. The maximum atomic E-state index is 13.6. The van der Waals surface area contributed by atoms with E-state index in [1.165, 1.54) is 30.0 Å². The second kappa shape index (κ2) is 11.5. The first-order valence-electron chi connectivity index (χ1n) is 13.1. The zero-order valence-corrected chi connectivity index (χ0v) is 23.8. The molecule has 5 aromatic rings. The van der Waals surface area contributed by atoms with Crippen LogP contribution < -0.4 is 10.2 Å². The summed E-state index contributed by atoms with van der Waals surface area (Å²) in [5.41, 5.74) is 1.92. The highest BCUT2D eigenvalue weighted by Gasteiger charge is 2.42. The number of non-ortho nitro benzene ring substituents is 1. The second-order valence-electron chi connectivity index (χ2n) is 9.69. The van der Waals surface area contributed by atoms with Crippen LogP contribution in [0.25, 0.3) is 5.69 Å². The Labute approximate surface area is 254 Å². The molecule has 0 radical (unpaired) electrons. The largest absolute Gasteiger partial charge is 0.416 e. The number of pyridine rings is 1. The van der Waals surface area contributed by atoms with Gasteiger partial charge in [-0.3, -0.25) is 15.1 Å². The van der Waals surface area contributed by atoms with Crippen LogP contribution in [0.2, 0.25) is 0 Å². The van der Waals surface area contributed by atoms with Crippen molar-refractivity contribution < 1.29 is 18.1 Å². The number of halogens is 3. The Morgan fingerprint density at radius 2 is 1.60 bits per heavy atom. The second-order valence-corrected chi connectivity index (χ2v) is 11.2. The Balaban J connectivity index is 1.37. The van der Waals surface area contributed by atoms with E-state index >= 15 is 0 Å². The molecular formula is C31H22F3N5O2S2. The maximum Gasteiger partial charge on any atom is 0.416 e. The number of hydrogen-bond donors (Lipinski definition) is 1. The highest BCUT2D eigenvalue weighted by molar-refractivity contribution is 7.99. The van der Waals surface area contributed by atoms with E-state index in [9.17, 15) is 23.3 Å². The lowest BCUT2D eigenvalue weighted by molar-refractivity contribution is -0.384. The summed E-state index contributed by atoms with van der Waals surface area (Å²) in [5, 5.41) is 14.8. The van der Waals surface area contributed by atoms with Gasteiger partial charge < -0.3 is 14.8 Å². The van der Waals surface area contributed by atoms with Gasteiger partial charge in [0.25, 0.3) is 5.69 Å². The number of aromatic nitrogens is 2. The van der Waals surface area contributed by atoms with Crippen molar-refractivity contribution in [2.75, 3.05) is 4.90 Å². The van der Waals surface area contributed by atoms with Gasteiger partial charge in [-0.25, -0.2) is 0 Å². The Kier molecular flexibility index (Phi) is 7.63. The third-order valence-electron chi connectivity index (χ3n) is 7.03. The third kappa shape index (κ3) is 5.84. The summed E-state index contributed by atoms with van der Waals surface area (Å²) in [5.74, 6) is 0. The lowest BCUT2D eigenvalue weighted by atomic mass is 10.0. The molecule has 1 fully saturated rings. The molecular weight excluding hydrogens is 596 g/mol. The quantitative estimate of drug-likeness (QED) is 0.112. The maximum absolute atomic E-state index is 13.6. The summed E-state index contributed by atoms with van der Waals surface area (Å²) in [6.45, 7) is 0. The van der Waals surface area contributed by atoms with Crippen LogP contribution in [0.3, 0.4) is 0 Å². The average molecular weight is 618 g/mol. The first-order valence-corrected chi connectivity index (χ1v) is 14.3. The van der Waals surface area contributed by atoms with Crippen molar-refractivity contribution in [1.82, 2.24) is 14.9 Å². The fraction of sp³-hybridized carbons (Fsp3) is 0.0968. The molecule has 1 aliphatic rings. The van der Waals surface area contributed by atoms with Crippen LogP contribution in [-0.4, -0.2) is 19.6 Å². The SMILES string of the molecule is O=[N+]([O-])c1ccc(Sc2ccc(N3C(=S)NC(c4ccccn4)C3c3cccn3-c3cccc(C(F)(F)F)c3)cc2)cc1. The van der Waals surface area contributed by atoms with Crippen LogP contribution >= 0.6 is 24.0 Å². The number of nitro benzene ring substituents is 1. The van der Waals surface area contributed by atoms with Gasteiger partial charge in [0, 0.05) is 51.4 Å². The van der Waals surface area contributed by atoms with Crippen molar-refractivity contribution in [2.24, 2.45) is 0 Å². The number of hydrogen-bond acceptors (Lipinski definition) is 5. The van der Waals surface area contributed by atoms with E-state index in [2.05, 4.69) is 10.3 Å². The fourth-order valence-corrected chi connectivity index (χ4v) is 6.24. The van der Waals surface area contributed by atoms with Crippen molar-refractivity contribution >= 4 is 40.5 Å². The zero-order valence-electron chi connectivity index (χ0n) is 22.2. The van der Waals surface area contributed by atoms with Crippen LogP contribution in [0, 0.1) is 10.1 Å². The van der Waals surface area contributed by atoms with Gasteiger partial charge in [-0.1, -0.05) is 23.9 Å². The number of nitrogens with one attached hydrogen (secondary N) is 1. The number of thiocarbonyl (C=S) groups is 1. The molecule has 0 spiro atoms. The van der Waals surface area contributed by atoms with Gasteiger partial charge in [0.1, 0.15) is 6.04 Å². The molecule has 7 nitrogen and oxygen atoms in total. The molecule has 1 N–H and O–H groups in total. The van der Waals surface area contributed by atoms with E-state index in [-0.39, 0.29) is 11.7 Å². The molecule has 0 saturated carbocycles. The van der Waals surface area contributed by atoms with E-state index < -0.39 is 22.7 Å². The summed E-state index contributed by atoms with van der Waals surface area (Å²) in [7, 11) is 0. The van der Waals surface area contributed by atoms with Gasteiger partial charge in [0.2, 0.25) is 0 Å². The van der Waals surface area contributed by atoms with Crippen molar-refractivity contribution in [3.63, 3.8) is 0 Å². The molecule has 3 aromatic carbocycles. The number of nitro groups is 1. The Morgan fingerprint density at radius 3 is 2.26 bits per heavy atom. The zero-order chi connectivity index (χ0) is 30.1. The minimum absolute atomic E-state index is 0.0260. The normalized spacial score (nSPS) is 16.7. The molecule has 1 saturated heterocycles. The lowest BCUT2D eigenvalue weighted by Crippen LogP contribution is -2.30. The van der Waals surface area contributed by atoms with Crippen LogP contribution in [0.1, 0.15) is 29.0 Å². The molecule has 2 aromatic heterocycles. The first-order chi connectivity index (χ1) is 20.7. The van der Waals surface area contributed by atoms with E-state index in [4.69, 9.17) is 12.2 Å². The van der Waals surface area contributed by atoms with Crippen molar-refractivity contribution in [2.45, 2.75) is 28.1 Å². The highest BCUT2D eigenvalue weighted by atomic mass is 32.2. The molecule has 2 unspecified atom stereocenters. The van der Waals surface area contributed by atoms with Crippen molar-refractivity contribution in [1.29, 1.82) is 0 Å². The summed E-state index contributed by atoms with van der Waals surface area (Å²) in [6, 6.07) is 27.7. The van der Waals surface area contributed by atoms with Crippen molar-refractivity contribution in [3.05, 3.63) is 143 Å². The van der Waals surface area contributed by atoms with E-state index in [1.54, 1.807) is 41.2 Å². The van der Waals surface area contributed by atoms with Gasteiger partial charge in [-0.15, -0.1) is 0 Å². The first kappa shape index (κ1) is 28.4. The lowest BCUT2D eigenvalue weighted by Gasteiger charge is -2.29. The van der Waals surface area contributed by atoms with Gasteiger partial charge in [-0.2, -0.15) is 13.2 Å². The van der Waals surface area contributed by atoms with Crippen LogP contribution in [0.4, 0.5) is 24.5 Å². The topological polar surface area (TPSA) is 76.2 Å². The number of nitrogens with zero attached hydrogens (tertiary/aromatic N) is 4. The highest BCUT2D eigenvalue weighted by Crippen LogP contribution is 2.43. The Morgan fingerprint density at radius 1 is 0.884 bits per heavy atom. The monoisotopic (exact) mass is 617 g/mol. The third-order valence-corrected chi connectivity index (χ3v) is 8.36. The Hall–Kier alpha value is -4.68. The van der Waals surface area contributed by atoms with E-state index in [0.29, 0.717) is 10.8 Å². The molecule has 6 rings (SSSR count). The molecule has 3 heterocycles. The van der Waals surface area contributed by atoms with Gasteiger partial charge in [0.15, 0.2) is 5.11 Å². The molecule has 216 valence electrons. The summed E-state index contributed by atoms with van der Waals surface area (Å²) < 4.78 is 42.4. The smallest absolute Gasteiger partial charge is 0.351 e. The van der Waals surface area contributed by atoms with Crippen LogP contribution in [0.15, 0.2) is 125 Å². The number of alkyl halides is 3. The molecule has 0 bridgehead atoms. The molecule has 1 aliphatic heterocycles. The molecule has 2 atom stereocenters. The van der Waals surface area contributed by atoms with E-state index in [0.717, 1.165) is 39.0 Å². The van der Waals surface area contributed by atoms with Crippen LogP contribution in [-0.2, 0) is 6.18 Å². The molecule has 43 heavy (non-hydrogen) atoms. The number of rotatable bonds is 7. The summed E-state index contributed by atoms with van der Waals surface area (Å²) >= 11 is 7.28. The predicted octanol–water partition coefficient (Wildman–Crippen LogP) is 8.13. The van der Waals surface area contributed by atoms with Gasteiger partial charge in [-0.05, 0) is 91.1 Å². The standard InChI is InChI=1S/C31H22F3N5O2S2/c32-31(33,34)20-5-3-6-23(19-20)37-18-4-8-27(37)29-28(26-7-1-2-17-35-26)36-30(42)38(29)21-9-13-24(14-10-21)43-25-15-11-22(12-16-25)39(40)41/h1-19,28-29H,(H,36,42).